The van der Waals surface area contributed by atoms with E-state index in [0.717, 1.165) is 0 Å². The number of amides is 3. The van der Waals surface area contributed by atoms with E-state index < -0.39 is 11.9 Å². The lowest BCUT2D eigenvalue weighted by Crippen LogP contribution is -2.49. The number of carbonyl (C=O) groups excluding carboxylic acids is 3. The van der Waals surface area contributed by atoms with Gasteiger partial charge in [-0.2, -0.15) is 0 Å². The van der Waals surface area contributed by atoms with E-state index in [2.05, 4.69) is 10.7 Å². The molecule has 3 rings (SSSR count). The summed E-state index contributed by atoms with van der Waals surface area (Å²) in [6.07, 6.45) is -0.161. The summed E-state index contributed by atoms with van der Waals surface area (Å²) < 4.78 is 0. The van der Waals surface area contributed by atoms with Gasteiger partial charge in [-0.1, -0.05) is 29.8 Å². The van der Waals surface area contributed by atoms with Gasteiger partial charge in [-0.3, -0.25) is 24.7 Å². The first kappa shape index (κ1) is 20.8. The van der Waals surface area contributed by atoms with E-state index in [9.17, 15) is 14.4 Å². The van der Waals surface area contributed by atoms with Gasteiger partial charge in [0, 0.05) is 22.8 Å². The summed E-state index contributed by atoms with van der Waals surface area (Å²) in [5.74, 6) is -1.15. The molecule has 7 nitrogen and oxygen atoms in total. The van der Waals surface area contributed by atoms with Crippen LogP contribution in [0.5, 0.6) is 0 Å². The number of halogens is 1. The highest BCUT2D eigenvalue weighted by Crippen LogP contribution is 2.20. The number of rotatable bonds is 6. The molecule has 1 heterocycles. The lowest BCUT2D eigenvalue weighted by Gasteiger charge is -2.24. The van der Waals surface area contributed by atoms with Gasteiger partial charge in [0.2, 0.25) is 5.91 Å². The largest absolute Gasteiger partial charge is 0.326 e. The Morgan fingerprint density at radius 1 is 1.10 bits per heavy atom. The number of hydrogen-bond acceptors (Lipinski definition) is 4. The summed E-state index contributed by atoms with van der Waals surface area (Å²) in [6, 6.07) is 14.3. The van der Waals surface area contributed by atoms with Crippen LogP contribution in [0.25, 0.3) is 0 Å². The summed E-state index contributed by atoms with van der Waals surface area (Å²) >= 11 is 11.2. The highest BCUT2D eigenvalue weighted by molar-refractivity contribution is 7.80. The van der Waals surface area contributed by atoms with Crippen LogP contribution in [0.2, 0.25) is 5.02 Å². The van der Waals surface area contributed by atoms with Crippen molar-refractivity contribution in [2.45, 2.75) is 19.4 Å². The highest BCUT2D eigenvalue weighted by Gasteiger charge is 2.43. The summed E-state index contributed by atoms with van der Waals surface area (Å²) in [5, 5.41) is 4.67. The Hall–Kier alpha value is -2.97. The number of anilines is 1. The Labute approximate surface area is 178 Å². The van der Waals surface area contributed by atoms with Gasteiger partial charge in [0.25, 0.3) is 11.8 Å². The van der Waals surface area contributed by atoms with Crippen molar-refractivity contribution in [3.63, 3.8) is 0 Å². The first-order valence-corrected chi connectivity index (χ1v) is 9.75. The Morgan fingerprint density at radius 2 is 1.76 bits per heavy atom. The van der Waals surface area contributed by atoms with E-state index in [4.69, 9.17) is 23.8 Å². The molecule has 1 atom stereocenters. The van der Waals surface area contributed by atoms with Crippen LogP contribution in [-0.2, 0) is 9.59 Å². The molecule has 29 heavy (non-hydrogen) atoms. The Morgan fingerprint density at radius 3 is 2.38 bits per heavy atom. The number of carbonyl (C=O) groups is 3. The Balaban J connectivity index is 1.76. The molecule has 1 aliphatic heterocycles. The molecule has 1 saturated heterocycles. The Bertz CT molecular complexity index is 937. The molecule has 3 amide bonds. The van der Waals surface area contributed by atoms with Crippen LogP contribution in [0.4, 0.5) is 5.69 Å². The maximum Gasteiger partial charge on any atom is 0.269 e. The van der Waals surface area contributed by atoms with Gasteiger partial charge in [-0.15, -0.1) is 0 Å². The quantitative estimate of drug-likeness (QED) is 0.689. The average molecular weight is 431 g/mol. The van der Waals surface area contributed by atoms with Gasteiger partial charge >= 0.3 is 0 Å². The summed E-state index contributed by atoms with van der Waals surface area (Å²) in [6.45, 7) is 2.11. The maximum absolute atomic E-state index is 12.8. The number of hydrogen-bond donors (Lipinski definition) is 2. The molecule has 2 N–H and O–H groups in total. The lowest BCUT2D eigenvalue weighted by molar-refractivity contribution is -0.130. The normalized spacial score (nSPS) is 16.1. The van der Waals surface area contributed by atoms with Crippen molar-refractivity contribution >= 4 is 52.3 Å². The second kappa shape index (κ2) is 9.02. The minimum atomic E-state index is -0.928. The minimum Gasteiger partial charge on any atom is -0.326 e. The maximum atomic E-state index is 12.8. The number of para-hydroxylation sites is 1. The van der Waals surface area contributed by atoms with Crippen molar-refractivity contribution < 1.29 is 14.4 Å². The first-order chi connectivity index (χ1) is 13.9. The second-order valence-electron chi connectivity index (χ2n) is 6.32. The molecule has 0 bridgehead atoms. The van der Waals surface area contributed by atoms with Crippen molar-refractivity contribution in [1.82, 2.24) is 15.3 Å². The fourth-order valence-electron chi connectivity index (χ4n) is 2.93. The van der Waals surface area contributed by atoms with E-state index in [-0.39, 0.29) is 23.3 Å². The third-order valence-corrected chi connectivity index (χ3v) is 5.05. The lowest BCUT2D eigenvalue weighted by atomic mass is 10.2. The highest BCUT2D eigenvalue weighted by atomic mass is 35.5. The number of thiocarbonyl (C=S) groups is 1. The number of hydrazine groups is 1. The van der Waals surface area contributed by atoms with Crippen LogP contribution < -0.4 is 10.7 Å². The molecule has 1 fully saturated rings. The number of nitrogens with one attached hydrogen (secondary N) is 2. The SMILES string of the molecule is CCN1C(=O)C(CC(=O)Nc2ccccc2)N(NC(=O)c2ccc(Cl)cc2)C1=S. The molecule has 2 aromatic carbocycles. The van der Waals surface area contributed by atoms with Crippen LogP contribution in [0.1, 0.15) is 23.7 Å². The zero-order valence-corrected chi connectivity index (χ0v) is 17.2. The molecule has 0 aromatic heterocycles. The third-order valence-electron chi connectivity index (χ3n) is 4.38. The molecule has 1 unspecified atom stereocenters. The molecule has 0 saturated carbocycles. The summed E-state index contributed by atoms with van der Waals surface area (Å²) in [7, 11) is 0. The summed E-state index contributed by atoms with van der Waals surface area (Å²) in [5.41, 5.74) is 3.62. The molecule has 2 aromatic rings. The fraction of sp³-hybridized carbons (Fsp3) is 0.200. The molecule has 150 valence electrons. The van der Waals surface area contributed by atoms with Gasteiger partial charge in [0.05, 0.1) is 6.42 Å². The standard InChI is InChI=1S/C20H19ClN4O3S/c1-2-24-19(28)16(12-17(26)22-15-6-4-3-5-7-15)25(20(24)29)23-18(27)13-8-10-14(21)11-9-13/h3-11,16H,2,12H2,1H3,(H,22,26)(H,23,27). The number of benzene rings is 2. The van der Waals surface area contributed by atoms with E-state index >= 15 is 0 Å². The minimum absolute atomic E-state index is 0.150. The zero-order chi connectivity index (χ0) is 21.0. The molecule has 0 radical (unpaired) electrons. The van der Waals surface area contributed by atoms with Crippen LogP contribution in [-0.4, -0.2) is 45.3 Å². The van der Waals surface area contributed by atoms with Crippen LogP contribution in [0, 0.1) is 0 Å². The monoisotopic (exact) mass is 430 g/mol. The molecular formula is C20H19ClN4O3S. The van der Waals surface area contributed by atoms with E-state index in [0.29, 0.717) is 22.8 Å². The smallest absolute Gasteiger partial charge is 0.269 e. The number of nitrogens with zero attached hydrogens (tertiary/aromatic N) is 2. The average Bonchev–Trinajstić information content (AvgIpc) is 2.92. The van der Waals surface area contributed by atoms with Crippen molar-refractivity contribution in [3.8, 4) is 0 Å². The summed E-state index contributed by atoms with van der Waals surface area (Å²) in [4.78, 5) is 39.2. The molecule has 1 aliphatic rings. The molecule has 0 spiro atoms. The van der Waals surface area contributed by atoms with Crippen LogP contribution >= 0.6 is 23.8 Å². The fourth-order valence-corrected chi connectivity index (χ4v) is 3.45. The predicted molar refractivity (Wildman–Crippen MR) is 114 cm³/mol. The zero-order valence-electron chi connectivity index (χ0n) is 15.6. The van der Waals surface area contributed by atoms with Gasteiger partial charge in [0.15, 0.2) is 5.11 Å². The topological polar surface area (TPSA) is 81.8 Å². The van der Waals surface area contributed by atoms with Gasteiger partial charge in [-0.05, 0) is 55.5 Å². The second-order valence-corrected chi connectivity index (χ2v) is 7.12. The molecular weight excluding hydrogens is 412 g/mol. The third kappa shape index (κ3) is 4.72. The molecule has 0 aliphatic carbocycles. The van der Waals surface area contributed by atoms with E-state index in [1.54, 1.807) is 55.5 Å². The van der Waals surface area contributed by atoms with Gasteiger partial charge in [0.1, 0.15) is 6.04 Å². The van der Waals surface area contributed by atoms with E-state index in [1.165, 1.54) is 9.91 Å². The van der Waals surface area contributed by atoms with Gasteiger partial charge < -0.3 is 5.32 Å². The van der Waals surface area contributed by atoms with Crippen LogP contribution in [0.3, 0.4) is 0 Å². The van der Waals surface area contributed by atoms with Crippen LogP contribution in [0.15, 0.2) is 54.6 Å². The van der Waals surface area contributed by atoms with Gasteiger partial charge in [-0.25, -0.2) is 5.01 Å². The van der Waals surface area contributed by atoms with Crippen molar-refractivity contribution in [2.75, 3.05) is 11.9 Å². The predicted octanol–water partition coefficient (Wildman–Crippen LogP) is 2.83. The van der Waals surface area contributed by atoms with E-state index in [1.807, 2.05) is 6.07 Å². The van der Waals surface area contributed by atoms with Crippen molar-refractivity contribution in [1.29, 1.82) is 0 Å². The molecule has 9 heteroatoms. The number of likely N-dealkylation sites (N-methyl/N-ethyl adjacent to an activating group) is 1. The Kier molecular flexibility index (Phi) is 6.46. The van der Waals surface area contributed by atoms with Crippen molar-refractivity contribution in [3.05, 3.63) is 65.2 Å². The van der Waals surface area contributed by atoms with Crippen molar-refractivity contribution in [2.24, 2.45) is 0 Å². The first-order valence-electron chi connectivity index (χ1n) is 8.96.